The molecule has 0 radical (unpaired) electrons. The van der Waals surface area contributed by atoms with E-state index in [-0.39, 0.29) is 17.9 Å². The van der Waals surface area contributed by atoms with Crippen molar-refractivity contribution >= 4 is 40.9 Å². The number of carbonyl (C=O) groups excluding carboxylic acids is 1. The van der Waals surface area contributed by atoms with E-state index in [1.807, 2.05) is 20.8 Å². The third-order valence-corrected chi connectivity index (χ3v) is 5.12. The smallest absolute Gasteiger partial charge is 0.242 e. The first kappa shape index (κ1) is 19.3. The van der Waals surface area contributed by atoms with Crippen molar-refractivity contribution < 1.29 is 9.53 Å². The normalized spacial score (nSPS) is 14.3. The van der Waals surface area contributed by atoms with Crippen molar-refractivity contribution in [3.8, 4) is 5.75 Å². The van der Waals surface area contributed by atoms with E-state index in [2.05, 4.69) is 10.2 Å². The van der Waals surface area contributed by atoms with Gasteiger partial charge < -0.3 is 4.74 Å². The Hall–Kier alpha value is -1.44. The minimum Gasteiger partial charge on any atom is -0.484 e. The molecule has 1 aromatic carbocycles. The van der Waals surface area contributed by atoms with Crippen molar-refractivity contribution in [2.45, 2.75) is 39.0 Å². The van der Waals surface area contributed by atoms with Gasteiger partial charge in [-0.2, -0.15) is 0 Å². The highest BCUT2D eigenvalue weighted by molar-refractivity contribution is 7.99. The van der Waals surface area contributed by atoms with E-state index in [9.17, 15) is 4.79 Å². The molecule has 1 amide bonds. The fourth-order valence-corrected chi connectivity index (χ4v) is 3.76. The van der Waals surface area contributed by atoms with Gasteiger partial charge in [-0.05, 0) is 17.5 Å². The first-order chi connectivity index (χ1) is 12.2. The van der Waals surface area contributed by atoms with Crippen LogP contribution < -0.4 is 9.75 Å². The van der Waals surface area contributed by atoms with Crippen LogP contribution in [0.15, 0.2) is 23.4 Å². The molecule has 26 heavy (non-hydrogen) atoms. The summed E-state index contributed by atoms with van der Waals surface area (Å²) < 4.78 is 7.52. The molecule has 0 N–H and O–H groups in total. The molecule has 9 heteroatoms. The number of carbonyl (C=O) groups is 1. The van der Waals surface area contributed by atoms with Gasteiger partial charge in [-0.15, -0.1) is 10.2 Å². The lowest BCUT2D eigenvalue weighted by Crippen LogP contribution is -2.46. The first-order valence-electron chi connectivity index (χ1n) is 8.20. The maximum atomic E-state index is 12.8. The Balaban J connectivity index is 1.81. The molecule has 140 valence electrons. The molecule has 0 atom stereocenters. The molecule has 6 nitrogen and oxygen atoms in total. The SMILES string of the molecule is CC(C)(C)CC(=O)N1CCSc2nnc(COc3cc(Cl)ccc3Cl)n21. The third kappa shape index (κ3) is 4.45. The summed E-state index contributed by atoms with van der Waals surface area (Å²) in [6.07, 6.45) is 0.440. The number of ether oxygens (including phenoxy) is 1. The second-order valence-electron chi connectivity index (χ2n) is 7.18. The van der Waals surface area contributed by atoms with Gasteiger partial charge >= 0.3 is 0 Å². The number of halogens is 2. The van der Waals surface area contributed by atoms with Crippen molar-refractivity contribution in [3.05, 3.63) is 34.1 Å². The average molecular weight is 415 g/mol. The minimum absolute atomic E-state index is 0.0425. The highest BCUT2D eigenvalue weighted by Crippen LogP contribution is 2.29. The lowest BCUT2D eigenvalue weighted by atomic mass is 9.92. The quantitative estimate of drug-likeness (QED) is 0.750. The van der Waals surface area contributed by atoms with Crippen molar-refractivity contribution in [1.29, 1.82) is 0 Å². The van der Waals surface area contributed by atoms with Crippen LogP contribution in [-0.4, -0.2) is 33.1 Å². The largest absolute Gasteiger partial charge is 0.484 e. The van der Waals surface area contributed by atoms with Crippen LogP contribution in [0.4, 0.5) is 0 Å². The molecule has 0 aliphatic carbocycles. The summed E-state index contributed by atoms with van der Waals surface area (Å²) in [5, 5.41) is 11.8. The number of amides is 1. The van der Waals surface area contributed by atoms with Crippen molar-refractivity contribution in [3.63, 3.8) is 0 Å². The van der Waals surface area contributed by atoms with Crippen LogP contribution in [-0.2, 0) is 11.4 Å². The van der Waals surface area contributed by atoms with Gasteiger partial charge in [0.25, 0.3) is 0 Å². The molecule has 0 saturated carbocycles. The monoisotopic (exact) mass is 414 g/mol. The van der Waals surface area contributed by atoms with E-state index >= 15 is 0 Å². The fraction of sp³-hybridized carbons (Fsp3) is 0.471. The van der Waals surface area contributed by atoms with Crippen molar-refractivity contribution in [1.82, 2.24) is 14.9 Å². The molecule has 0 spiro atoms. The second-order valence-corrected chi connectivity index (χ2v) is 9.08. The van der Waals surface area contributed by atoms with E-state index in [4.69, 9.17) is 27.9 Å². The average Bonchev–Trinajstić information content (AvgIpc) is 2.97. The van der Waals surface area contributed by atoms with E-state index in [0.29, 0.717) is 39.7 Å². The summed E-state index contributed by atoms with van der Waals surface area (Å²) >= 11 is 13.7. The van der Waals surface area contributed by atoms with Crippen LogP contribution in [0.25, 0.3) is 0 Å². The predicted molar refractivity (Wildman–Crippen MR) is 104 cm³/mol. The number of thioether (sulfide) groups is 1. The van der Waals surface area contributed by atoms with Gasteiger partial charge in [-0.25, -0.2) is 9.69 Å². The zero-order chi connectivity index (χ0) is 18.9. The Bertz CT molecular complexity index is 820. The van der Waals surface area contributed by atoms with Crippen LogP contribution >= 0.6 is 35.0 Å². The molecule has 1 aliphatic rings. The highest BCUT2D eigenvalue weighted by atomic mass is 35.5. The maximum absolute atomic E-state index is 12.8. The summed E-state index contributed by atoms with van der Waals surface area (Å²) in [5.74, 6) is 1.84. The Morgan fingerprint density at radius 2 is 2.08 bits per heavy atom. The molecule has 0 saturated heterocycles. The van der Waals surface area contributed by atoms with Gasteiger partial charge in [0.1, 0.15) is 12.4 Å². The van der Waals surface area contributed by atoms with Gasteiger partial charge in [-0.1, -0.05) is 55.7 Å². The minimum atomic E-state index is -0.0964. The number of hydrogen-bond donors (Lipinski definition) is 0. The molecule has 1 aromatic heterocycles. The Labute approximate surface area is 166 Å². The highest BCUT2D eigenvalue weighted by Gasteiger charge is 2.29. The molecule has 0 unspecified atom stereocenters. The number of aromatic nitrogens is 3. The van der Waals surface area contributed by atoms with Gasteiger partial charge in [0.05, 0.1) is 11.6 Å². The Morgan fingerprint density at radius 1 is 1.31 bits per heavy atom. The number of benzene rings is 1. The number of fused-ring (bicyclic) bond motifs is 1. The van der Waals surface area contributed by atoms with Gasteiger partial charge in [0.2, 0.25) is 11.1 Å². The van der Waals surface area contributed by atoms with Crippen molar-refractivity contribution in [2.24, 2.45) is 5.41 Å². The Kier molecular flexibility index (Phi) is 5.69. The molecule has 1 aliphatic heterocycles. The molecule has 2 heterocycles. The lowest BCUT2D eigenvalue weighted by Gasteiger charge is -2.31. The summed E-state index contributed by atoms with van der Waals surface area (Å²) in [7, 11) is 0. The molecular weight excluding hydrogens is 395 g/mol. The zero-order valence-corrected chi connectivity index (χ0v) is 17.2. The molecular formula is C17H20Cl2N4O2S. The van der Waals surface area contributed by atoms with Crippen molar-refractivity contribution in [2.75, 3.05) is 17.3 Å². The number of rotatable bonds is 4. The Morgan fingerprint density at radius 3 is 2.81 bits per heavy atom. The summed E-state index contributed by atoms with van der Waals surface area (Å²) in [6.45, 7) is 6.87. The van der Waals surface area contributed by atoms with E-state index < -0.39 is 0 Å². The summed E-state index contributed by atoms with van der Waals surface area (Å²) in [4.78, 5) is 12.8. The molecule has 3 rings (SSSR count). The van der Waals surface area contributed by atoms with Crippen LogP contribution in [0.5, 0.6) is 5.75 Å². The van der Waals surface area contributed by atoms with E-state index in [1.54, 1.807) is 39.6 Å². The third-order valence-electron chi connectivity index (χ3n) is 3.67. The predicted octanol–water partition coefficient (Wildman–Crippen LogP) is 4.17. The van der Waals surface area contributed by atoms with Gasteiger partial charge in [0, 0.05) is 23.3 Å². The topological polar surface area (TPSA) is 60.3 Å². The van der Waals surface area contributed by atoms with E-state index in [1.165, 1.54) is 0 Å². The van der Waals surface area contributed by atoms with E-state index in [0.717, 1.165) is 5.75 Å². The van der Waals surface area contributed by atoms with Crippen LogP contribution in [0.3, 0.4) is 0 Å². The number of nitrogens with zero attached hydrogens (tertiary/aromatic N) is 4. The van der Waals surface area contributed by atoms with Crippen LogP contribution in [0, 0.1) is 5.41 Å². The van der Waals surface area contributed by atoms with Crippen LogP contribution in [0.1, 0.15) is 33.0 Å². The van der Waals surface area contributed by atoms with Gasteiger partial charge in [-0.3, -0.25) is 4.79 Å². The van der Waals surface area contributed by atoms with Crippen LogP contribution in [0.2, 0.25) is 10.0 Å². The molecule has 0 fully saturated rings. The standard InChI is InChI=1S/C17H20Cl2N4O2S/c1-17(2,3)9-15(24)22-6-7-26-16-21-20-14(23(16)22)10-25-13-8-11(18)4-5-12(13)19/h4-5,8H,6-7,9-10H2,1-3H3. The molecule has 2 aromatic rings. The summed E-state index contributed by atoms with van der Waals surface area (Å²) in [5.41, 5.74) is -0.0964. The summed E-state index contributed by atoms with van der Waals surface area (Å²) in [6, 6.07) is 5.02. The number of hydrogen-bond acceptors (Lipinski definition) is 5. The lowest BCUT2D eigenvalue weighted by molar-refractivity contribution is -0.122. The fourth-order valence-electron chi connectivity index (χ4n) is 2.55. The molecule has 0 bridgehead atoms. The zero-order valence-electron chi connectivity index (χ0n) is 14.8. The second kappa shape index (κ2) is 7.66. The maximum Gasteiger partial charge on any atom is 0.242 e. The van der Waals surface area contributed by atoms with Gasteiger partial charge in [0.15, 0.2) is 5.82 Å². The first-order valence-corrected chi connectivity index (χ1v) is 9.94.